The quantitative estimate of drug-likeness (QED) is 0.778. The van der Waals surface area contributed by atoms with Crippen molar-refractivity contribution in [3.63, 3.8) is 0 Å². The molecule has 2 N–H and O–H groups in total. The molecular formula is C15H16N4. The van der Waals surface area contributed by atoms with Crippen molar-refractivity contribution < 1.29 is 0 Å². The van der Waals surface area contributed by atoms with Crippen LogP contribution in [0, 0.1) is 6.92 Å². The summed E-state index contributed by atoms with van der Waals surface area (Å²) in [6.45, 7) is 2.47. The van der Waals surface area contributed by atoms with E-state index < -0.39 is 0 Å². The summed E-state index contributed by atoms with van der Waals surface area (Å²) in [4.78, 5) is 0. The summed E-state index contributed by atoms with van der Waals surface area (Å²) in [5.41, 5.74) is 8.96. The molecule has 0 aliphatic carbocycles. The Bertz CT molecular complexity index is 666. The third-order valence-corrected chi connectivity index (χ3v) is 3.21. The molecule has 0 amide bonds. The molecule has 0 aliphatic heterocycles. The van der Waals surface area contributed by atoms with Crippen molar-refractivity contribution in [2.45, 2.75) is 13.5 Å². The summed E-state index contributed by atoms with van der Waals surface area (Å²) in [6, 6.07) is 14.1. The minimum Gasteiger partial charge on any atom is -0.326 e. The van der Waals surface area contributed by atoms with Gasteiger partial charge in [-0.05, 0) is 31.2 Å². The first-order chi connectivity index (χ1) is 9.31. The highest BCUT2D eigenvalue weighted by atomic mass is 15.3. The van der Waals surface area contributed by atoms with Crippen molar-refractivity contribution >= 4 is 0 Å². The van der Waals surface area contributed by atoms with Gasteiger partial charge >= 0.3 is 0 Å². The first kappa shape index (κ1) is 11.7. The lowest BCUT2D eigenvalue weighted by atomic mass is 10.2. The second-order valence-electron chi connectivity index (χ2n) is 4.43. The molecule has 0 unspecified atom stereocenters. The molecular weight excluding hydrogens is 236 g/mol. The Morgan fingerprint density at radius 3 is 2.37 bits per heavy atom. The lowest BCUT2D eigenvalue weighted by Gasteiger charge is -2.10. The highest BCUT2D eigenvalue weighted by molar-refractivity contribution is 5.46. The molecule has 0 fully saturated rings. The van der Waals surface area contributed by atoms with Crippen LogP contribution in [0.1, 0.15) is 11.3 Å². The van der Waals surface area contributed by atoms with Gasteiger partial charge in [0.15, 0.2) is 0 Å². The van der Waals surface area contributed by atoms with Gasteiger partial charge in [-0.3, -0.25) is 0 Å². The number of hydrogen-bond donors (Lipinski definition) is 1. The Morgan fingerprint density at radius 1 is 1.05 bits per heavy atom. The molecule has 0 bridgehead atoms. The Hall–Kier alpha value is -2.33. The maximum atomic E-state index is 5.88. The zero-order valence-electron chi connectivity index (χ0n) is 10.8. The smallest absolute Gasteiger partial charge is 0.145 e. The van der Waals surface area contributed by atoms with Crippen LogP contribution in [0.5, 0.6) is 0 Å². The molecule has 2 aromatic heterocycles. The molecule has 0 saturated carbocycles. The van der Waals surface area contributed by atoms with Crippen molar-refractivity contribution in [1.82, 2.24) is 14.3 Å². The van der Waals surface area contributed by atoms with Crippen LogP contribution in [0.4, 0.5) is 0 Å². The van der Waals surface area contributed by atoms with Crippen LogP contribution >= 0.6 is 0 Å². The number of rotatable bonds is 3. The number of aromatic nitrogens is 3. The largest absolute Gasteiger partial charge is 0.326 e. The summed E-state index contributed by atoms with van der Waals surface area (Å²) in [5.74, 6) is 1.01. The molecule has 3 rings (SSSR count). The number of nitrogens with zero attached hydrogens (tertiary/aromatic N) is 3. The predicted octanol–water partition coefficient (Wildman–Crippen LogP) is 2.43. The molecule has 4 nitrogen and oxygen atoms in total. The van der Waals surface area contributed by atoms with Gasteiger partial charge in [-0.15, -0.1) is 0 Å². The minimum absolute atomic E-state index is 0.478. The van der Waals surface area contributed by atoms with Gasteiger partial charge < -0.3 is 10.3 Å². The summed E-state index contributed by atoms with van der Waals surface area (Å²) >= 11 is 0. The zero-order chi connectivity index (χ0) is 13.2. The van der Waals surface area contributed by atoms with Gasteiger partial charge in [0, 0.05) is 24.5 Å². The molecule has 4 heteroatoms. The van der Waals surface area contributed by atoms with E-state index in [-0.39, 0.29) is 0 Å². The van der Waals surface area contributed by atoms with Crippen molar-refractivity contribution in [1.29, 1.82) is 0 Å². The van der Waals surface area contributed by atoms with Crippen LogP contribution in [0.2, 0.25) is 0 Å². The van der Waals surface area contributed by atoms with Crippen molar-refractivity contribution in [2.75, 3.05) is 0 Å². The number of hydrogen-bond acceptors (Lipinski definition) is 2. The van der Waals surface area contributed by atoms with E-state index in [2.05, 4.69) is 9.67 Å². The van der Waals surface area contributed by atoms with Crippen molar-refractivity contribution in [3.8, 4) is 11.5 Å². The molecule has 0 aliphatic rings. The fraction of sp³-hybridized carbons (Fsp3) is 0.133. The minimum atomic E-state index is 0.478. The predicted molar refractivity (Wildman–Crippen MR) is 75.5 cm³/mol. The third-order valence-electron chi connectivity index (χ3n) is 3.21. The molecule has 0 atom stereocenters. The fourth-order valence-corrected chi connectivity index (χ4v) is 2.28. The molecule has 1 aromatic carbocycles. The maximum Gasteiger partial charge on any atom is 0.145 e. The fourth-order valence-electron chi connectivity index (χ4n) is 2.28. The molecule has 0 spiro atoms. The van der Waals surface area contributed by atoms with E-state index in [0.717, 1.165) is 22.8 Å². The summed E-state index contributed by atoms with van der Waals surface area (Å²) in [6.07, 6.45) is 4.02. The molecule has 96 valence electrons. The first-order valence-electron chi connectivity index (χ1n) is 6.28. The Kier molecular flexibility index (Phi) is 2.93. The van der Waals surface area contributed by atoms with Crippen LogP contribution < -0.4 is 5.73 Å². The van der Waals surface area contributed by atoms with E-state index in [1.807, 2.05) is 66.5 Å². The van der Waals surface area contributed by atoms with Crippen LogP contribution in [-0.4, -0.2) is 14.3 Å². The van der Waals surface area contributed by atoms with Gasteiger partial charge in [0.2, 0.25) is 0 Å². The maximum absolute atomic E-state index is 5.88. The van der Waals surface area contributed by atoms with Gasteiger partial charge in [0.25, 0.3) is 0 Å². The van der Waals surface area contributed by atoms with Crippen LogP contribution in [-0.2, 0) is 6.54 Å². The lowest BCUT2D eigenvalue weighted by Crippen LogP contribution is -2.07. The van der Waals surface area contributed by atoms with E-state index in [9.17, 15) is 0 Å². The van der Waals surface area contributed by atoms with Crippen molar-refractivity contribution in [3.05, 3.63) is 66.1 Å². The van der Waals surface area contributed by atoms with Crippen LogP contribution in [0.25, 0.3) is 11.5 Å². The first-order valence-corrected chi connectivity index (χ1v) is 6.28. The van der Waals surface area contributed by atoms with E-state index in [1.54, 1.807) is 0 Å². The number of benzene rings is 1. The molecule has 19 heavy (non-hydrogen) atoms. The Morgan fingerprint density at radius 2 is 1.74 bits per heavy atom. The van der Waals surface area contributed by atoms with Crippen LogP contribution in [0.15, 0.2) is 54.9 Å². The average molecular weight is 252 g/mol. The molecule has 0 radical (unpaired) electrons. The second-order valence-corrected chi connectivity index (χ2v) is 4.43. The normalized spacial score (nSPS) is 10.8. The average Bonchev–Trinajstić information content (AvgIpc) is 3.06. The molecule has 3 aromatic rings. The van der Waals surface area contributed by atoms with Gasteiger partial charge in [-0.1, -0.05) is 18.2 Å². The van der Waals surface area contributed by atoms with Crippen molar-refractivity contribution in [2.24, 2.45) is 5.73 Å². The Labute approximate surface area is 112 Å². The third kappa shape index (κ3) is 1.96. The number of para-hydroxylation sites is 1. The van der Waals surface area contributed by atoms with Gasteiger partial charge in [0.05, 0.1) is 11.4 Å². The molecule has 0 saturated heterocycles. The van der Waals surface area contributed by atoms with E-state index >= 15 is 0 Å². The topological polar surface area (TPSA) is 48.8 Å². The standard InChI is InChI=1S/C15H16N4/c1-12-14(11-16)15(18-9-5-6-10-18)19(17-12)13-7-3-2-4-8-13/h2-10H,11,16H2,1H3. The SMILES string of the molecule is Cc1nn(-c2ccccc2)c(-n2cccc2)c1CN. The summed E-state index contributed by atoms with van der Waals surface area (Å²) in [5, 5.41) is 4.62. The Balaban J connectivity index is 2.26. The number of nitrogens with two attached hydrogens (primary N) is 1. The monoisotopic (exact) mass is 252 g/mol. The van der Waals surface area contributed by atoms with Crippen LogP contribution in [0.3, 0.4) is 0 Å². The second kappa shape index (κ2) is 4.74. The molecule has 2 heterocycles. The summed E-state index contributed by atoms with van der Waals surface area (Å²) in [7, 11) is 0. The number of aryl methyl sites for hydroxylation is 1. The highest BCUT2D eigenvalue weighted by Crippen LogP contribution is 2.22. The summed E-state index contributed by atoms with van der Waals surface area (Å²) < 4.78 is 3.99. The van der Waals surface area contributed by atoms with E-state index in [0.29, 0.717) is 6.54 Å². The van der Waals surface area contributed by atoms with E-state index in [1.165, 1.54) is 0 Å². The van der Waals surface area contributed by atoms with Gasteiger partial charge in [-0.2, -0.15) is 5.10 Å². The van der Waals surface area contributed by atoms with Gasteiger partial charge in [-0.25, -0.2) is 4.68 Å². The lowest BCUT2D eigenvalue weighted by molar-refractivity contribution is 0.811. The van der Waals surface area contributed by atoms with E-state index in [4.69, 9.17) is 5.73 Å². The van der Waals surface area contributed by atoms with Gasteiger partial charge in [0.1, 0.15) is 5.82 Å². The zero-order valence-corrected chi connectivity index (χ0v) is 10.8. The highest BCUT2D eigenvalue weighted by Gasteiger charge is 2.16.